The Kier molecular flexibility index (Phi) is 3.95. The number of aryl methyl sites for hydroxylation is 1. The van der Waals surface area contributed by atoms with Crippen LogP contribution in [0.15, 0.2) is 22.7 Å². The standard InChI is InChI=1S/C14H18FN3O/c1-8(2)6-12(16)14-17-13(18-19-14)11-5-4-10(15)7-9(11)3/h4-5,7-8,12H,6,16H2,1-3H3/t12-/m0/s1. The summed E-state index contributed by atoms with van der Waals surface area (Å²) in [5.41, 5.74) is 7.52. The van der Waals surface area contributed by atoms with Gasteiger partial charge in [0.1, 0.15) is 5.82 Å². The number of hydrogen-bond acceptors (Lipinski definition) is 4. The minimum absolute atomic E-state index is 0.262. The molecule has 0 unspecified atom stereocenters. The van der Waals surface area contributed by atoms with E-state index in [9.17, 15) is 4.39 Å². The first kappa shape index (κ1) is 13.7. The molecule has 2 rings (SSSR count). The second kappa shape index (κ2) is 5.48. The van der Waals surface area contributed by atoms with Crippen LogP contribution >= 0.6 is 0 Å². The van der Waals surface area contributed by atoms with Gasteiger partial charge in [0, 0.05) is 5.56 Å². The Bertz CT molecular complexity index is 566. The molecule has 1 atom stereocenters. The Morgan fingerprint density at radius 3 is 2.74 bits per heavy atom. The molecule has 0 radical (unpaired) electrons. The molecule has 0 saturated carbocycles. The van der Waals surface area contributed by atoms with Gasteiger partial charge in [0.25, 0.3) is 0 Å². The molecule has 2 aromatic rings. The van der Waals surface area contributed by atoms with Crippen LogP contribution in [-0.2, 0) is 0 Å². The van der Waals surface area contributed by atoms with E-state index in [-0.39, 0.29) is 11.9 Å². The highest BCUT2D eigenvalue weighted by Crippen LogP contribution is 2.24. The summed E-state index contributed by atoms with van der Waals surface area (Å²) in [5.74, 6) is 1.05. The summed E-state index contributed by atoms with van der Waals surface area (Å²) in [6, 6.07) is 4.21. The van der Waals surface area contributed by atoms with Crippen molar-refractivity contribution in [2.45, 2.75) is 33.2 Å². The van der Waals surface area contributed by atoms with Crippen LogP contribution in [0, 0.1) is 18.7 Å². The largest absolute Gasteiger partial charge is 0.337 e. The van der Waals surface area contributed by atoms with Gasteiger partial charge < -0.3 is 10.3 Å². The van der Waals surface area contributed by atoms with Crippen molar-refractivity contribution < 1.29 is 8.91 Å². The highest BCUT2D eigenvalue weighted by Gasteiger charge is 2.17. The molecule has 0 aliphatic rings. The average molecular weight is 263 g/mol. The zero-order valence-corrected chi connectivity index (χ0v) is 11.4. The molecule has 2 N–H and O–H groups in total. The van der Waals surface area contributed by atoms with E-state index in [2.05, 4.69) is 24.0 Å². The molecule has 0 bridgehead atoms. The van der Waals surface area contributed by atoms with Crippen molar-refractivity contribution in [3.63, 3.8) is 0 Å². The first-order valence-corrected chi connectivity index (χ1v) is 6.33. The van der Waals surface area contributed by atoms with E-state index in [1.807, 2.05) is 6.92 Å². The number of benzene rings is 1. The van der Waals surface area contributed by atoms with Gasteiger partial charge in [-0.15, -0.1) is 0 Å². The van der Waals surface area contributed by atoms with E-state index in [4.69, 9.17) is 10.3 Å². The minimum Gasteiger partial charge on any atom is -0.337 e. The molecule has 1 aromatic carbocycles. The Morgan fingerprint density at radius 2 is 2.11 bits per heavy atom. The fourth-order valence-electron chi connectivity index (χ4n) is 1.98. The minimum atomic E-state index is -0.276. The lowest BCUT2D eigenvalue weighted by atomic mass is 10.0. The molecule has 5 heteroatoms. The molecule has 102 valence electrons. The zero-order valence-electron chi connectivity index (χ0n) is 11.4. The number of aromatic nitrogens is 2. The van der Waals surface area contributed by atoms with Crippen molar-refractivity contribution in [2.75, 3.05) is 0 Å². The number of nitrogens with two attached hydrogens (primary N) is 1. The predicted molar refractivity (Wildman–Crippen MR) is 70.8 cm³/mol. The first-order valence-electron chi connectivity index (χ1n) is 6.33. The maximum atomic E-state index is 13.1. The number of rotatable bonds is 4. The summed E-state index contributed by atoms with van der Waals surface area (Å²) in [5, 5.41) is 3.92. The monoisotopic (exact) mass is 263 g/mol. The highest BCUT2D eigenvalue weighted by atomic mass is 19.1. The second-order valence-corrected chi connectivity index (χ2v) is 5.15. The molecule has 19 heavy (non-hydrogen) atoms. The maximum Gasteiger partial charge on any atom is 0.243 e. The van der Waals surface area contributed by atoms with Gasteiger partial charge in [-0.05, 0) is 43.0 Å². The molecular formula is C14H18FN3O. The average Bonchev–Trinajstić information content (AvgIpc) is 2.77. The summed E-state index contributed by atoms with van der Waals surface area (Å²) < 4.78 is 18.2. The quantitative estimate of drug-likeness (QED) is 0.919. The number of nitrogens with zero attached hydrogens (tertiary/aromatic N) is 2. The smallest absolute Gasteiger partial charge is 0.243 e. The van der Waals surface area contributed by atoms with Crippen molar-refractivity contribution in [1.82, 2.24) is 10.1 Å². The SMILES string of the molecule is Cc1cc(F)ccc1-c1noc([C@@H](N)CC(C)C)n1. The third-order valence-corrected chi connectivity index (χ3v) is 2.91. The van der Waals surface area contributed by atoms with Gasteiger partial charge >= 0.3 is 0 Å². The van der Waals surface area contributed by atoms with Gasteiger partial charge in [-0.1, -0.05) is 19.0 Å². The lowest BCUT2D eigenvalue weighted by Crippen LogP contribution is -2.13. The van der Waals surface area contributed by atoms with E-state index in [0.717, 1.165) is 17.5 Å². The zero-order chi connectivity index (χ0) is 14.0. The van der Waals surface area contributed by atoms with Crippen LogP contribution in [0.1, 0.15) is 37.8 Å². The molecule has 4 nitrogen and oxygen atoms in total. The fourth-order valence-corrected chi connectivity index (χ4v) is 1.98. The van der Waals surface area contributed by atoms with Gasteiger partial charge in [0.2, 0.25) is 11.7 Å². The molecule has 0 aliphatic carbocycles. The molecule has 1 aromatic heterocycles. The van der Waals surface area contributed by atoms with Crippen LogP contribution in [0.3, 0.4) is 0 Å². The van der Waals surface area contributed by atoms with Crippen molar-refractivity contribution in [3.8, 4) is 11.4 Å². The third kappa shape index (κ3) is 3.17. The van der Waals surface area contributed by atoms with Gasteiger partial charge in [-0.3, -0.25) is 0 Å². The number of halogens is 1. The predicted octanol–water partition coefficient (Wildman–Crippen LogP) is 3.23. The van der Waals surface area contributed by atoms with Crippen LogP contribution < -0.4 is 5.73 Å². The summed E-state index contributed by atoms with van der Waals surface area (Å²) in [6.45, 7) is 5.98. The van der Waals surface area contributed by atoms with E-state index in [0.29, 0.717) is 17.6 Å². The second-order valence-electron chi connectivity index (χ2n) is 5.15. The van der Waals surface area contributed by atoms with Crippen LogP contribution in [-0.4, -0.2) is 10.1 Å². The Morgan fingerprint density at radius 1 is 1.37 bits per heavy atom. The Balaban J connectivity index is 2.25. The fraction of sp³-hybridized carbons (Fsp3) is 0.429. The molecule has 0 spiro atoms. The van der Waals surface area contributed by atoms with Gasteiger partial charge in [0.05, 0.1) is 6.04 Å². The lowest BCUT2D eigenvalue weighted by Gasteiger charge is -2.08. The molecule has 1 heterocycles. The van der Waals surface area contributed by atoms with Crippen molar-refractivity contribution in [3.05, 3.63) is 35.5 Å². The highest BCUT2D eigenvalue weighted by molar-refractivity contribution is 5.59. The third-order valence-electron chi connectivity index (χ3n) is 2.91. The van der Waals surface area contributed by atoms with Gasteiger partial charge in [-0.25, -0.2) is 4.39 Å². The van der Waals surface area contributed by atoms with Crippen LogP contribution in [0.25, 0.3) is 11.4 Å². The normalized spacial score (nSPS) is 12.9. The van der Waals surface area contributed by atoms with Crippen molar-refractivity contribution in [2.24, 2.45) is 11.7 Å². The number of hydrogen-bond donors (Lipinski definition) is 1. The van der Waals surface area contributed by atoms with E-state index in [1.165, 1.54) is 12.1 Å². The lowest BCUT2D eigenvalue weighted by molar-refractivity contribution is 0.335. The summed E-state index contributed by atoms with van der Waals surface area (Å²) in [4.78, 5) is 4.30. The molecule has 0 aliphatic heterocycles. The van der Waals surface area contributed by atoms with E-state index < -0.39 is 0 Å². The van der Waals surface area contributed by atoms with Crippen molar-refractivity contribution >= 4 is 0 Å². The molecular weight excluding hydrogens is 245 g/mol. The Hall–Kier alpha value is -1.75. The summed E-state index contributed by atoms with van der Waals surface area (Å²) in [6.07, 6.45) is 0.782. The topological polar surface area (TPSA) is 64.9 Å². The van der Waals surface area contributed by atoms with Crippen LogP contribution in [0.2, 0.25) is 0 Å². The van der Waals surface area contributed by atoms with Gasteiger partial charge in [0.15, 0.2) is 0 Å². The van der Waals surface area contributed by atoms with Crippen molar-refractivity contribution in [1.29, 1.82) is 0 Å². The molecule has 0 fully saturated rings. The summed E-state index contributed by atoms with van der Waals surface area (Å²) in [7, 11) is 0. The van der Waals surface area contributed by atoms with E-state index >= 15 is 0 Å². The first-order chi connectivity index (χ1) is 8.97. The molecule has 0 saturated heterocycles. The molecule has 0 amide bonds. The Labute approximate surface area is 111 Å². The van der Waals surface area contributed by atoms with Crippen LogP contribution in [0.4, 0.5) is 4.39 Å². The summed E-state index contributed by atoms with van der Waals surface area (Å²) >= 11 is 0. The maximum absolute atomic E-state index is 13.1. The van der Waals surface area contributed by atoms with E-state index in [1.54, 1.807) is 6.07 Å². The van der Waals surface area contributed by atoms with Crippen LogP contribution in [0.5, 0.6) is 0 Å². The van der Waals surface area contributed by atoms with Gasteiger partial charge in [-0.2, -0.15) is 4.98 Å².